The molecule has 7 nitrogen and oxygen atoms in total. The Bertz CT molecular complexity index is 991. The predicted octanol–water partition coefficient (Wildman–Crippen LogP) is 2.79. The van der Waals surface area contributed by atoms with E-state index in [0.717, 1.165) is 49.2 Å². The summed E-state index contributed by atoms with van der Waals surface area (Å²) in [7, 11) is -3.67. The Hall–Kier alpha value is -2.33. The van der Waals surface area contributed by atoms with Crippen molar-refractivity contribution >= 4 is 21.7 Å². The van der Waals surface area contributed by atoms with Gasteiger partial charge in [-0.05, 0) is 56.0 Å². The summed E-state index contributed by atoms with van der Waals surface area (Å²) >= 11 is 0. The highest BCUT2D eigenvalue weighted by Gasteiger charge is 2.28. The summed E-state index contributed by atoms with van der Waals surface area (Å²) in [6.45, 7) is 4.71. The van der Waals surface area contributed by atoms with Crippen LogP contribution < -0.4 is 9.80 Å². The molecule has 2 aliphatic rings. The monoisotopic (exact) mass is 451 g/mol. The van der Waals surface area contributed by atoms with E-state index in [9.17, 15) is 17.2 Å². The second-order valence-corrected chi connectivity index (χ2v) is 10.2. The minimum atomic E-state index is -3.67. The van der Waals surface area contributed by atoms with Crippen molar-refractivity contribution in [3.8, 4) is 0 Å². The van der Waals surface area contributed by atoms with Gasteiger partial charge in [0.15, 0.2) is 11.6 Å². The zero-order chi connectivity index (χ0) is 22.0. The van der Waals surface area contributed by atoms with Crippen LogP contribution in [0, 0.1) is 11.6 Å². The second kappa shape index (κ2) is 9.04. The fraction of sp³-hybridized carbons (Fsp3) is 0.524. The number of rotatable bonds is 5. The SMILES string of the molecule is CC1CCCCN1c1ccc(N2CCN(S(=O)(=O)Cc3cc(F)cc(F)c3)CC2)nn1. The van der Waals surface area contributed by atoms with Crippen molar-refractivity contribution in [1.82, 2.24) is 14.5 Å². The molecule has 10 heteroatoms. The van der Waals surface area contributed by atoms with Crippen molar-refractivity contribution in [3.05, 3.63) is 47.5 Å². The number of nitrogens with zero attached hydrogens (tertiary/aromatic N) is 5. The van der Waals surface area contributed by atoms with Crippen molar-refractivity contribution < 1.29 is 17.2 Å². The van der Waals surface area contributed by atoms with Crippen LogP contribution in [0.5, 0.6) is 0 Å². The highest BCUT2D eigenvalue weighted by Crippen LogP contribution is 2.24. The molecule has 2 saturated heterocycles. The number of hydrogen-bond donors (Lipinski definition) is 0. The van der Waals surface area contributed by atoms with Crippen LogP contribution in [0.2, 0.25) is 0 Å². The summed E-state index contributed by atoms with van der Waals surface area (Å²) < 4.78 is 53.5. The molecule has 0 radical (unpaired) electrons. The molecule has 0 N–H and O–H groups in total. The van der Waals surface area contributed by atoms with E-state index in [-0.39, 0.29) is 18.7 Å². The van der Waals surface area contributed by atoms with Crippen LogP contribution in [0.1, 0.15) is 31.7 Å². The summed E-state index contributed by atoms with van der Waals surface area (Å²) in [4.78, 5) is 4.28. The first kappa shape index (κ1) is 21.9. The van der Waals surface area contributed by atoms with Gasteiger partial charge < -0.3 is 9.80 Å². The molecule has 4 rings (SSSR count). The van der Waals surface area contributed by atoms with E-state index in [1.807, 2.05) is 17.0 Å². The average molecular weight is 452 g/mol. The first-order valence-electron chi connectivity index (χ1n) is 10.6. The minimum absolute atomic E-state index is 0.105. The molecule has 2 aliphatic heterocycles. The molecule has 0 amide bonds. The van der Waals surface area contributed by atoms with E-state index < -0.39 is 27.4 Å². The van der Waals surface area contributed by atoms with E-state index in [1.165, 1.54) is 10.7 Å². The average Bonchev–Trinajstić information content (AvgIpc) is 2.73. The van der Waals surface area contributed by atoms with Gasteiger partial charge in [0.2, 0.25) is 10.0 Å². The third-order valence-corrected chi connectivity index (χ3v) is 7.81. The Labute approximate surface area is 181 Å². The number of piperidine rings is 1. The van der Waals surface area contributed by atoms with Gasteiger partial charge in [-0.1, -0.05) is 0 Å². The molecule has 1 aromatic carbocycles. The number of sulfonamides is 1. The lowest BCUT2D eigenvalue weighted by Gasteiger charge is -2.35. The number of piperazine rings is 1. The summed E-state index contributed by atoms with van der Waals surface area (Å²) in [5.74, 6) is -0.395. The Morgan fingerprint density at radius 2 is 1.58 bits per heavy atom. The van der Waals surface area contributed by atoms with Crippen molar-refractivity contribution in [3.63, 3.8) is 0 Å². The molecule has 0 bridgehead atoms. The molecular weight excluding hydrogens is 424 g/mol. The smallest absolute Gasteiger partial charge is 0.218 e. The predicted molar refractivity (Wildman–Crippen MR) is 115 cm³/mol. The lowest BCUT2D eigenvalue weighted by Crippen LogP contribution is -2.49. The van der Waals surface area contributed by atoms with Crippen LogP contribution in [-0.4, -0.2) is 61.7 Å². The fourth-order valence-electron chi connectivity index (χ4n) is 4.27. The Morgan fingerprint density at radius 1 is 0.935 bits per heavy atom. The van der Waals surface area contributed by atoms with Crippen molar-refractivity contribution in [2.24, 2.45) is 0 Å². The molecule has 2 aromatic rings. The molecule has 2 fully saturated rings. The lowest BCUT2D eigenvalue weighted by molar-refractivity contribution is 0.383. The van der Waals surface area contributed by atoms with E-state index in [2.05, 4.69) is 22.0 Å². The second-order valence-electron chi connectivity index (χ2n) is 8.21. The van der Waals surface area contributed by atoms with Gasteiger partial charge in [0, 0.05) is 44.8 Å². The Kier molecular flexibility index (Phi) is 6.38. The van der Waals surface area contributed by atoms with Crippen LogP contribution in [0.3, 0.4) is 0 Å². The summed E-state index contributed by atoms with van der Waals surface area (Å²) in [6.07, 6.45) is 3.55. The molecule has 0 saturated carbocycles. The Balaban J connectivity index is 1.36. The highest BCUT2D eigenvalue weighted by molar-refractivity contribution is 7.88. The van der Waals surface area contributed by atoms with E-state index >= 15 is 0 Å². The van der Waals surface area contributed by atoms with Crippen LogP contribution in [0.4, 0.5) is 20.4 Å². The third-order valence-electron chi connectivity index (χ3n) is 5.96. The molecule has 0 spiro atoms. The standard InChI is InChI=1S/C21H27F2N5O2S/c1-16-4-2-3-7-28(16)21-6-5-20(24-25-21)26-8-10-27(11-9-26)31(29,30)15-17-12-18(22)14-19(23)13-17/h5-6,12-14,16H,2-4,7-11,15H2,1H3. The zero-order valence-corrected chi connectivity index (χ0v) is 18.4. The highest BCUT2D eigenvalue weighted by atomic mass is 32.2. The van der Waals surface area contributed by atoms with Gasteiger partial charge in [0.1, 0.15) is 11.6 Å². The zero-order valence-electron chi connectivity index (χ0n) is 17.5. The molecule has 168 valence electrons. The maximum atomic E-state index is 13.4. The summed E-state index contributed by atoms with van der Waals surface area (Å²) in [6, 6.07) is 7.20. The molecule has 1 aromatic heterocycles. The molecule has 0 aliphatic carbocycles. The fourth-order valence-corrected chi connectivity index (χ4v) is 5.76. The van der Waals surface area contributed by atoms with E-state index in [1.54, 1.807) is 0 Å². The van der Waals surface area contributed by atoms with Gasteiger partial charge in [0.25, 0.3) is 0 Å². The molecular formula is C21H27F2N5O2S. The lowest BCUT2D eigenvalue weighted by atomic mass is 10.0. The van der Waals surface area contributed by atoms with Gasteiger partial charge in [0.05, 0.1) is 5.75 Å². The quantitative estimate of drug-likeness (QED) is 0.696. The van der Waals surface area contributed by atoms with Gasteiger partial charge >= 0.3 is 0 Å². The third kappa shape index (κ3) is 5.12. The Morgan fingerprint density at radius 3 is 2.19 bits per heavy atom. The van der Waals surface area contributed by atoms with Crippen molar-refractivity contribution in [1.29, 1.82) is 0 Å². The topological polar surface area (TPSA) is 69.6 Å². The van der Waals surface area contributed by atoms with Crippen LogP contribution in [-0.2, 0) is 15.8 Å². The van der Waals surface area contributed by atoms with Crippen LogP contribution in [0.15, 0.2) is 30.3 Å². The molecule has 1 atom stereocenters. The number of anilines is 2. The van der Waals surface area contributed by atoms with Crippen LogP contribution >= 0.6 is 0 Å². The number of benzene rings is 1. The van der Waals surface area contributed by atoms with Crippen molar-refractivity contribution in [2.75, 3.05) is 42.5 Å². The van der Waals surface area contributed by atoms with E-state index in [4.69, 9.17) is 0 Å². The molecule has 3 heterocycles. The maximum absolute atomic E-state index is 13.4. The number of hydrogen-bond acceptors (Lipinski definition) is 6. The largest absolute Gasteiger partial charge is 0.352 e. The van der Waals surface area contributed by atoms with E-state index in [0.29, 0.717) is 19.1 Å². The molecule has 1 unspecified atom stereocenters. The normalized spacial score (nSPS) is 20.8. The van der Waals surface area contributed by atoms with Gasteiger partial charge in [-0.3, -0.25) is 0 Å². The first-order chi connectivity index (χ1) is 14.8. The maximum Gasteiger partial charge on any atom is 0.218 e. The summed E-state index contributed by atoms with van der Waals surface area (Å²) in [5, 5.41) is 8.77. The number of halogens is 2. The van der Waals surface area contributed by atoms with Crippen molar-refractivity contribution in [2.45, 2.75) is 38.0 Å². The summed E-state index contributed by atoms with van der Waals surface area (Å²) in [5.41, 5.74) is 0.105. The van der Waals surface area contributed by atoms with Gasteiger partial charge in [-0.2, -0.15) is 4.31 Å². The first-order valence-corrected chi connectivity index (χ1v) is 12.2. The van der Waals surface area contributed by atoms with Crippen LogP contribution in [0.25, 0.3) is 0 Å². The van der Waals surface area contributed by atoms with Gasteiger partial charge in [-0.25, -0.2) is 17.2 Å². The number of aromatic nitrogens is 2. The molecule has 31 heavy (non-hydrogen) atoms. The van der Waals surface area contributed by atoms with Gasteiger partial charge in [-0.15, -0.1) is 10.2 Å². The minimum Gasteiger partial charge on any atom is -0.352 e.